The van der Waals surface area contributed by atoms with Crippen molar-refractivity contribution in [3.63, 3.8) is 0 Å². The van der Waals surface area contributed by atoms with Crippen LogP contribution in [-0.4, -0.2) is 43.6 Å². The van der Waals surface area contributed by atoms with Crippen LogP contribution >= 0.6 is 11.3 Å². The molecule has 0 saturated carbocycles. The summed E-state index contributed by atoms with van der Waals surface area (Å²) in [5, 5.41) is 4.41. The number of fused-ring (bicyclic) bond motifs is 1. The molecule has 1 aliphatic rings. The van der Waals surface area contributed by atoms with E-state index in [0.717, 1.165) is 25.9 Å². The number of aryl methyl sites for hydroxylation is 1. The van der Waals surface area contributed by atoms with Crippen molar-refractivity contribution in [2.45, 2.75) is 26.3 Å². The normalized spacial score (nSPS) is 13.9. The Morgan fingerprint density at radius 2 is 1.97 bits per heavy atom. The average Bonchev–Trinajstić information content (AvgIpc) is 3.51. The smallest absolute Gasteiger partial charge is 0.268 e. The monoisotopic (exact) mass is 439 g/mol. The van der Waals surface area contributed by atoms with Gasteiger partial charge in [-0.05, 0) is 49.6 Å². The van der Waals surface area contributed by atoms with E-state index in [0.29, 0.717) is 32.0 Å². The maximum absolute atomic E-state index is 13.2. The Morgan fingerprint density at radius 3 is 2.71 bits per heavy atom. The predicted molar refractivity (Wildman–Crippen MR) is 113 cm³/mol. The number of thiophene rings is 1. The summed E-state index contributed by atoms with van der Waals surface area (Å²) >= 11 is 1.28. The lowest BCUT2D eigenvalue weighted by Gasteiger charge is -2.15. The van der Waals surface area contributed by atoms with Gasteiger partial charge in [0.2, 0.25) is 11.7 Å². The van der Waals surface area contributed by atoms with Gasteiger partial charge in [-0.25, -0.2) is 9.37 Å². The predicted octanol–water partition coefficient (Wildman–Crippen LogP) is 3.24. The zero-order valence-corrected chi connectivity index (χ0v) is 17.5. The Balaban J connectivity index is 1.49. The SMILES string of the molecule is Cc1c(-c2nc(-c3ccc(F)cc3)no2)sc2ncn(CC(=O)N3CCCC3)c(=O)c12. The van der Waals surface area contributed by atoms with Crippen LogP contribution in [0.5, 0.6) is 0 Å². The summed E-state index contributed by atoms with van der Waals surface area (Å²) in [7, 11) is 0. The molecule has 0 aliphatic carbocycles. The summed E-state index contributed by atoms with van der Waals surface area (Å²) in [4.78, 5) is 37.3. The van der Waals surface area contributed by atoms with Gasteiger partial charge in [0.1, 0.15) is 17.2 Å². The van der Waals surface area contributed by atoms with Crippen LogP contribution in [0, 0.1) is 12.7 Å². The molecule has 1 saturated heterocycles. The fourth-order valence-corrected chi connectivity index (χ4v) is 4.78. The lowest BCUT2D eigenvalue weighted by atomic mass is 10.2. The highest BCUT2D eigenvalue weighted by atomic mass is 32.1. The van der Waals surface area contributed by atoms with Gasteiger partial charge < -0.3 is 9.42 Å². The first-order valence-corrected chi connectivity index (χ1v) is 10.7. The molecule has 4 heterocycles. The third-order valence-corrected chi connectivity index (χ3v) is 6.59. The van der Waals surface area contributed by atoms with Gasteiger partial charge in [-0.3, -0.25) is 14.2 Å². The van der Waals surface area contributed by atoms with E-state index >= 15 is 0 Å². The molecule has 0 spiro atoms. The van der Waals surface area contributed by atoms with E-state index in [-0.39, 0.29) is 29.7 Å². The van der Waals surface area contributed by atoms with Crippen molar-refractivity contribution >= 4 is 27.5 Å². The fourth-order valence-electron chi connectivity index (χ4n) is 3.72. The number of hydrogen-bond acceptors (Lipinski definition) is 7. The van der Waals surface area contributed by atoms with Gasteiger partial charge in [-0.2, -0.15) is 4.98 Å². The molecule has 1 fully saturated rings. The van der Waals surface area contributed by atoms with Crippen molar-refractivity contribution in [1.29, 1.82) is 0 Å². The molecule has 0 radical (unpaired) electrons. The van der Waals surface area contributed by atoms with Crippen molar-refractivity contribution in [2.75, 3.05) is 13.1 Å². The Labute approximate surface area is 179 Å². The maximum atomic E-state index is 13.2. The van der Waals surface area contributed by atoms with Crippen LogP contribution in [-0.2, 0) is 11.3 Å². The number of likely N-dealkylation sites (tertiary alicyclic amines) is 1. The van der Waals surface area contributed by atoms with Crippen LogP contribution in [0.3, 0.4) is 0 Å². The van der Waals surface area contributed by atoms with Gasteiger partial charge in [0.25, 0.3) is 11.4 Å². The molecule has 10 heteroatoms. The van der Waals surface area contributed by atoms with Crippen LogP contribution in [0.4, 0.5) is 4.39 Å². The van der Waals surface area contributed by atoms with Gasteiger partial charge in [0.15, 0.2) is 0 Å². The molecule has 0 atom stereocenters. The van der Waals surface area contributed by atoms with E-state index in [1.54, 1.807) is 24.0 Å². The standard InChI is InChI=1S/C21H18FN5O3S/c1-12-16-20(23-11-27(21(16)29)10-15(28)26-8-2-3-9-26)31-17(12)19-24-18(25-30-19)13-4-6-14(22)7-5-13/h4-7,11H,2-3,8-10H2,1H3. The Bertz CT molecular complexity index is 1340. The molecule has 0 bridgehead atoms. The summed E-state index contributed by atoms with van der Waals surface area (Å²) in [5.74, 6) is 0.167. The number of nitrogens with zero attached hydrogens (tertiary/aromatic N) is 5. The number of benzene rings is 1. The van der Waals surface area contributed by atoms with Crippen LogP contribution < -0.4 is 5.56 Å². The third-order valence-electron chi connectivity index (χ3n) is 5.40. The molecule has 4 aromatic rings. The first-order valence-electron chi connectivity index (χ1n) is 9.87. The van der Waals surface area contributed by atoms with Crippen molar-refractivity contribution in [1.82, 2.24) is 24.6 Å². The van der Waals surface area contributed by atoms with E-state index in [1.165, 1.54) is 34.4 Å². The zero-order valence-electron chi connectivity index (χ0n) is 16.7. The molecule has 5 rings (SSSR count). The summed E-state index contributed by atoms with van der Waals surface area (Å²) in [5.41, 5.74) is 1.03. The van der Waals surface area contributed by atoms with Crippen molar-refractivity contribution < 1.29 is 13.7 Å². The molecule has 0 N–H and O–H groups in total. The first kappa shape index (κ1) is 19.6. The summed E-state index contributed by atoms with van der Waals surface area (Å²) < 4.78 is 19.9. The number of carbonyl (C=O) groups excluding carboxylic acids is 1. The van der Waals surface area contributed by atoms with Crippen molar-refractivity contribution in [3.8, 4) is 22.2 Å². The van der Waals surface area contributed by atoms with Crippen molar-refractivity contribution in [3.05, 3.63) is 52.3 Å². The molecule has 1 aromatic carbocycles. The fraction of sp³-hybridized carbons (Fsp3) is 0.286. The second-order valence-corrected chi connectivity index (χ2v) is 8.43. The molecule has 3 aromatic heterocycles. The van der Waals surface area contributed by atoms with Crippen LogP contribution in [0.15, 0.2) is 39.9 Å². The number of hydrogen-bond donors (Lipinski definition) is 0. The largest absolute Gasteiger partial charge is 0.341 e. The van der Waals surface area contributed by atoms with Crippen LogP contribution in [0.2, 0.25) is 0 Å². The highest BCUT2D eigenvalue weighted by Gasteiger charge is 2.23. The Morgan fingerprint density at radius 1 is 1.23 bits per heavy atom. The molecule has 158 valence electrons. The first-order chi connectivity index (χ1) is 15.0. The van der Waals surface area contributed by atoms with Crippen LogP contribution in [0.25, 0.3) is 32.4 Å². The van der Waals surface area contributed by atoms with E-state index in [2.05, 4.69) is 15.1 Å². The van der Waals surface area contributed by atoms with Gasteiger partial charge in [0, 0.05) is 18.7 Å². The summed E-state index contributed by atoms with van der Waals surface area (Å²) in [6.45, 7) is 3.24. The van der Waals surface area contributed by atoms with Crippen molar-refractivity contribution in [2.24, 2.45) is 0 Å². The molecule has 8 nitrogen and oxygen atoms in total. The minimum atomic E-state index is -0.349. The van der Waals surface area contributed by atoms with Gasteiger partial charge in [-0.1, -0.05) is 5.16 Å². The quantitative estimate of drug-likeness (QED) is 0.485. The maximum Gasteiger partial charge on any atom is 0.268 e. The third kappa shape index (κ3) is 3.52. The molecular formula is C21H18FN5O3S. The topological polar surface area (TPSA) is 94.1 Å². The number of amides is 1. The zero-order chi connectivity index (χ0) is 21.5. The number of carbonyl (C=O) groups is 1. The molecule has 0 unspecified atom stereocenters. The number of rotatable bonds is 4. The van der Waals surface area contributed by atoms with Gasteiger partial charge in [0.05, 0.1) is 16.6 Å². The second kappa shape index (κ2) is 7.69. The Hall–Kier alpha value is -3.40. The van der Waals surface area contributed by atoms with E-state index in [1.807, 2.05) is 0 Å². The average molecular weight is 439 g/mol. The minimum absolute atomic E-state index is 0.0261. The lowest BCUT2D eigenvalue weighted by Crippen LogP contribution is -2.34. The molecule has 31 heavy (non-hydrogen) atoms. The number of aromatic nitrogens is 4. The molecule has 1 aliphatic heterocycles. The molecule has 1 amide bonds. The van der Waals surface area contributed by atoms with E-state index in [4.69, 9.17) is 4.52 Å². The summed E-state index contributed by atoms with van der Waals surface area (Å²) in [6.07, 6.45) is 3.40. The second-order valence-electron chi connectivity index (χ2n) is 7.43. The van der Waals surface area contributed by atoms with Crippen LogP contribution in [0.1, 0.15) is 18.4 Å². The lowest BCUT2D eigenvalue weighted by molar-refractivity contribution is -0.130. The van der Waals surface area contributed by atoms with E-state index < -0.39 is 0 Å². The molecular weight excluding hydrogens is 421 g/mol. The Kier molecular flexibility index (Phi) is 4.85. The van der Waals surface area contributed by atoms with Gasteiger partial charge >= 0.3 is 0 Å². The number of halogens is 1. The highest BCUT2D eigenvalue weighted by molar-refractivity contribution is 7.22. The van der Waals surface area contributed by atoms with Gasteiger partial charge in [-0.15, -0.1) is 11.3 Å². The highest BCUT2D eigenvalue weighted by Crippen LogP contribution is 2.35. The van der Waals surface area contributed by atoms with E-state index in [9.17, 15) is 14.0 Å². The summed E-state index contributed by atoms with van der Waals surface area (Å²) in [6, 6.07) is 5.79. The minimum Gasteiger partial charge on any atom is -0.341 e.